The molecule has 3 heterocycles. The number of amides is 2. The summed E-state index contributed by atoms with van der Waals surface area (Å²) >= 11 is 0. The smallest absolute Gasteiger partial charge is 0.268 e. The van der Waals surface area contributed by atoms with E-state index in [1.165, 1.54) is 18.3 Å². The van der Waals surface area contributed by atoms with Crippen LogP contribution in [0.4, 0.5) is 4.39 Å². The average Bonchev–Trinajstić information content (AvgIpc) is 3.25. The minimum atomic E-state index is -0.568. The first-order valence-corrected chi connectivity index (χ1v) is 8.47. The Morgan fingerprint density at radius 1 is 1.22 bits per heavy atom. The maximum Gasteiger partial charge on any atom is 0.268 e. The van der Waals surface area contributed by atoms with E-state index in [4.69, 9.17) is 5.73 Å². The lowest BCUT2D eigenvalue weighted by Crippen LogP contribution is -2.33. The van der Waals surface area contributed by atoms with E-state index in [-0.39, 0.29) is 17.4 Å². The van der Waals surface area contributed by atoms with Gasteiger partial charge in [-0.25, -0.2) is 9.37 Å². The molecule has 1 aliphatic rings. The number of imidazole rings is 1. The lowest BCUT2D eigenvalue weighted by Gasteiger charge is -2.20. The fourth-order valence-corrected chi connectivity index (χ4v) is 3.23. The average molecular weight is 368 g/mol. The highest BCUT2D eigenvalue weighted by molar-refractivity contribution is 5.99. The van der Waals surface area contributed by atoms with Crippen LogP contribution in [0, 0.1) is 5.82 Å². The van der Waals surface area contributed by atoms with Crippen LogP contribution in [0.1, 0.15) is 26.7 Å². The summed E-state index contributed by atoms with van der Waals surface area (Å²) in [5.41, 5.74) is 6.93. The molecule has 0 fully saturated rings. The van der Waals surface area contributed by atoms with Gasteiger partial charge in [0.05, 0.1) is 17.5 Å². The van der Waals surface area contributed by atoms with E-state index in [9.17, 15) is 14.0 Å². The van der Waals surface area contributed by atoms with Crippen LogP contribution in [-0.4, -0.2) is 49.6 Å². The molecule has 0 spiro atoms. The Morgan fingerprint density at radius 3 is 2.85 bits per heavy atom. The molecule has 8 nitrogen and oxygen atoms in total. The topological polar surface area (TPSA) is 110 Å². The van der Waals surface area contributed by atoms with Gasteiger partial charge in [-0.1, -0.05) is 12.1 Å². The molecule has 4 rings (SSSR count). The predicted octanol–water partition coefficient (Wildman–Crippen LogP) is 1.21. The summed E-state index contributed by atoms with van der Waals surface area (Å²) in [7, 11) is 0. The molecule has 3 N–H and O–H groups in total. The number of H-pyrrole nitrogens is 1. The van der Waals surface area contributed by atoms with Gasteiger partial charge in [-0.3, -0.25) is 14.7 Å². The molecule has 9 heteroatoms. The zero-order valence-corrected chi connectivity index (χ0v) is 14.4. The Morgan fingerprint density at radius 2 is 2.07 bits per heavy atom. The lowest BCUT2D eigenvalue weighted by molar-refractivity contribution is 0.0759. The highest BCUT2D eigenvalue weighted by atomic mass is 19.1. The first kappa shape index (κ1) is 17.0. The van der Waals surface area contributed by atoms with E-state index in [1.807, 2.05) is 4.57 Å². The van der Waals surface area contributed by atoms with Crippen molar-refractivity contribution in [3.8, 4) is 11.3 Å². The molecule has 2 amide bonds. The third-order valence-corrected chi connectivity index (χ3v) is 4.60. The Balaban J connectivity index is 1.55. The number of primary amides is 1. The summed E-state index contributed by atoms with van der Waals surface area (Å²) in [6.07, 6.45) is 3.57. The van der Waals surface area contributed by atoms with Gasteiger partial charge in [0.2, 0.25) is 0 Å². The number of fused-ring (bicyclic) bond motifs is 1. The number of nitrogens with two attached hydrogens (primary N) is 1. The van der Waals surface area contributed by atoms with Crippen molar-refractivity contribution in [3.63, 3.8) is 0 Å². The van der Waals surface area contributed by atoms with Gasteiger partial charge in [-0.2, -0.15) is 5.10 Å². The van der Waals surface area contributed by atoms with Gasteiger partial charge in [-0.15, -0.1) is 0 Å². The minimum absolute atomic E-state index is 0.191. The maximum absolute atomic E-state index is 13.5. The zero-order valence-electron chi connectivity index (χ0n) is 14.4. The number of carbonyl (C=O) groups excluding carboxylic acids is 2. The molecule has 0 bridgehead atoms. The highest BCUT2D eigenvalue weighted by Gasteiger charge is 2.25. The van der Waals surface area contributed by atoms with Crippen molar-refractivity contribution >= 4 is 11.8 Å². The number of hydrogen-bond donors (Lipinski definition) is 2. The Kier molecular flexibility index (Phi) is 4.19. The number of halogens is 1. The van der Waals surface area contributed by atoms with Crippen LogP contribution in [0.3, 0.4) is 0 Å². The summed E-state index contributed by atoms with van der Waals surface area (Å²) < 4.78 is 15.4. The van der Waals surface area contributed by atoms with E-state index < -0.39 is 5.91 Å². The SMILES string of the molecule is NC(=O)c1cn2c(n1)CCN(C(=O)c1cn[nH]c1-c1cccc(F)c1)CC2. The number of hydrogen-bond acceptors (Lipinski definition) is 4. The standard InChI is InChI=1S/C18H17FN6O2/c19-12-3-1-2-11(8-12)16-13(9-21-23-16)18(27)24-5-4-15-22-14(17(20)26)10-25(15)7-6-24/h1-3,8-10H,4-7H2,(H2,20,26)(H,21,23). The summed E-state index contributed by atoms with van der Waals surface area (Å²) in [5, 5.41) is 6.75. The second-order valence-electron chi connectivity index (χ2n) is 6.31. The van der Waals surface area contributed by atoms with Crippen molar-refractivity contribution in [1.82, 2.24) is 24.6 Å². The number of carbonyl (C=O) groups is 2. The molecule has 0 saturated carbocycles. The van der Waals surface area contributed by atoms with Crippen molar-refractivity contribution in [2.75, 3.05) is 13.1 Å². The molecule has 0 unspecified atom stereocenters. The van der Waals surface area contributed by atoms with Gasteiger partial charge in [0, 0.05) is 37.8 Å². The highest BCUT2D eigenvalue weighted by Crippen LogP contribution is 2.23. The largest absolute Gasteiger partial charge is 0.364 e. The van der Waals surface area contributed by atoms with E-state index >= 15 is 0 Å². The third-order valence-electron chi connectivity index (χ3n) is 4.60. The third kappa shape index (κ3) is 3.19. The van der Waals surface area contributed by atoms with Gasteiger partial charge < -0.3 is 15.2 Å². The van der Waals surface area contributed by atoms with Crippen LogP contribution in [0.15, 0.2) is 36.7 Å². The van der Waals surface area contributed by atoms with E-state index in [0.717, 1.165) is 5.82 Å². The Bertz CT molecular complexity index is 999. The van der Waals surface area contributed by atoms with E-state index in [0.29, 0.717) is 42.9 Å². The van der Waals surface area contributed by atoms with Crippen LogP contribution in [0.5, 0.6) is 0 Å². The van der Waals surface area contributed by atoms with Gasteiger partial charge in [0.15, 0.2) is 0 Å². The number of benzene rings is 1. The lowest BCUT2D eigenvalue weighted by atomic mass is 10.1. The van der Waals surface area contributed by atoms with Gasteiger partial charge in [-0.05, 0) is 12.1 Å². The summed E-state index contributed by atoms with van der Waals surface area (Å²) in [5.74, 6) is -0.423. The normalized spacial score (nSPS) is 13.9. The molecular formula is C18H17FN6O2. The maximum atomic E-state index is 13.5. The van der Waals surface area contributed by atoms with E-state index in [1.54, 1.807) is 23.2 Å². The summed E-state index contributed by atoms with van der Waals surface area (Å²) in [4.78, 5) is 30.2. The number of nitrogens with one attached hydrogen (secondary N) is 1. The number of nitrogens with zero attached hydrogens (tertiary/aromatic N) is 4. The van der Waals surface area contributed by atoms with Gasteiger partial charge in [0.1, 0.15) is 17.3 Å². The monoisotopic (exact) mass is 368 g/mol. The van der Waals surface area contributed by atoms with Crippen molar-refractivity contribution in [2.45, 2.75) is 13.0 Å². The first-order valence-electron chi connectivity index (χ1n) is 8.47. The zero-order chi connectivity index (χ0) is 19.0. The van der Waals surface area contributed by atoms with Gasteiger partial charge >= 0.3 is 0 Å². The van der Waals surface area contributed by atoms with Crippen molar-refractivity contribution in [3.05, 3.63) is 59.6 Å². The van der Waals surface area contributed by atoms with Gasteiger partial charge in [0.25, 0.3) is 11.8 Å². The molecule has 0 aliphatic carbocycles. The molecule has 1 aliphatic heterocycles. The first-order chi connectivity index (χ1) is 13.0. The molecule has 27 heavy (non-hydrogen) atoms. The summed E-state index contributed by atoms with van der Waals surface area (Å²) in [6, 6.07) is 6.00. The van der Waals surface area contributed by atoms with Crippen LogP contribution < -0.4 is 5.73 Å². The second-order valence-corrected chi connectivity index (χ2v) is 6.31. The minimum Gasteiger partial charge on any atom is -0.364 e. The predicted molar refractivity (Wildman–Crippen MR) is 94.3 cm³/mol. The van der Waals surface area contributed by atoms with Crippen molar-refractivity contribution in [2.24, 2.45) is 5.73 Å². The quantitative estimate of drug-likeness (QED) is 0.724. The molecule has 0 saturated heterocycles. The molecule has 0 radical (unpaired) electrons. The van der Waals surface area contributed by atoms with Crippen LogP contribution >= 0.6 is 0 Å². The molecule has 0 atom stereocenters. The molecule has 1 aromatic carbocycles. The molecule has 3 aromatic rings. The van der Waals surface area contributed by atoms with Crippen LogP contribution in [-0.2, 0) is 13.0 Å². The summed E-state index contributed by atoms with van der Waals surface area (Å²) in [6.45, 7) is 1.41. The van der Waals surface area contributed by atoms with Crippen LogP contribution in [0.25, 0.3) is 11.3 Å². The van der Waals surface area contributed by atoms with E-state index in [2.05, 4.69) is 15.2 Å². The molecular weight excluding hydrogens is 351 g/mol. The fraction of sp³-hybridized carbons (Fsp3) is 0.222. The molecule has 2 aromatic heterocycles. The second kappa shape index (κ2) is 6.67. The van der Waals surface area contributed by atoms with Crippen molar-refractivity contribution < 1.29 is 14.0 Å². The van der Waals surface area contributed by atoms with Crippen molar-refractivity contribution in [1.29, 1.82) is 0 Å². The fourth-order valence-electron chi connectivity index (χ4n) is 3.23. The Labute approximate surface area is 153 Å². The van der Waals surface area contributed by atoms with Crippen LogP contribution in [0.2, 0.25) is 0 Å². The molecule has 138 valence electrons. The number of aromatic amines is 1. The Hall–Kier alpha value is -3.49. The number of rotatable bonds is 3. The number of aromatic nitrogens is 4.